The van der Waals surface area contributed by atoms with Gasteiger partial charge in [0.2, 0.25) is 11.6 Å². The minimum atomic E-state index is -2.90. The third-order valence-corrected chi connectivity index (χ3v) is 4.44. The first-order valence-electron chi connectivity index (χ1n) is 3.39. The van der Waals surface area contributed by atoms with Gasteiger partial charge in [-0.3, -0.25) is 9.59 Å². The Morgan fingerprint density at radius 2 is 1.36 bits per heavy atom. The highest BCUT2D eigenvalue weighted by Crippen LogP contribution is 2.44. The fraction of sp³-hybridized carbons (Fsp3) is 0.143. The number of hydrogen-bond acceptors (Lipinski definition) is 5. The van der Waals surface area contributed by atoms with Crippen LogP contribution in [0.3, 0.4) is 0 Å². The molecular weight excluding hydrogens is 340 g/mol. The van der Waals surface area contributed by atoms with Crippen LogP contribution < -0.4 is 0 Å². The first kappa shape index (κ1) is 10.4. The molecule has 0 saturated carbocycles. The van der Waals surface area contributed by atoms with Crippen LogP contribution in [0.25, 0.3) is 0 Å². The molecule has 0 aromatic carbocycles. The Morgan fingerprint density at radius 1 is 1.00 bits per heavy atom. The molecule has 0 bridgehead atoms. The molecule has 0 atom stereocenters. The largest absolute Gasteiger partial charge is 0.353 e. The number of thiophene rings is 1. The van der Waals surface area contributed by atoms with Crippen LogP contribution in [0.2, 0.25) is 0 Å². The normalized spacial score (nSPS) is 18.9. The zero-order valence-electron chi connectivity index (χ0n) is 6.38. The van der Waals surface area contributed by atoms with Crippen LogP contribution in [-0.4, -0.2) is 27.6 Å². The molecule has 0 unspecified atom stereocenters. The molecule has 1 heterocycles. The van der Waals surface area contributed by atoms with Gasteiger partial charge < -0.3 is 10.2 Å². The minimum absolute atomic E-state index is 0.0388. The fourth-order valence-electron chi connectivity index (χ4n) is 1.23. The fourth-order valence-corrected chi connectivity index (χ4v) is 4.37. The van der Waals surface area contributed by atoms with E-state index in [1.54, 1.807) is 0 Å². The van der Waals surface area contributed by atoms with E-state index < -0.39 is 17.4 Å². The Labute approximate surface area is 98.8 Å². The number of fused-ring (bicyclic) bond motifs is 1. The summed E-state index contributed by atoms with van der Waals surface area (Å²) in [7, 11) is 0. The molecule has 7 heteroatoms. The lowest BCUT2D eigenvalue weighted by Crippen LogP contribution is -2.40. The molecular formula is C7H2Br2O4S. The molecule has 2 rings (SSSR count). The van der Waals surface area contributed by atoms with Crippen molar-refractivity contribution in [1.29, 1.82) is 0 Å². The Balaban J connectivity index is 2.78. The van der Waals surface area contributed by atoms with E-state index >= 15 is 0 Å². The molecule has 1 aromatic rings. The third-order valence-electron chi connectivity index (χ3n) is 1.91. The van der Waals surface area contributed by atoms with Crippen molar-refractivity contribution in [2.24, 2.45) is 0 Å². The van der Waals surface area contributed by atoms with Crippen molar-refractivity contribution in [3.63, 3.8) is 0 Å². The summed E-state index contributed by atoms with van der Waals surface area (Å²) < 4.78 is 0.838. The predicted octanol–water partition coefficient (Wildman–Crippen LogP) is 1.33. The SMILES string of the molecule is O=C1c2c(Br)sc(Br)c2C(=O)C1(O)O. The highest BCUT2D eigenvalue weighted by atomic mass is 79.9. The Hall–Kier alpha value is -0.0800. The summed E-state index contributed by atoms with van der Waals surface area (Å²) in [5.41, 5.74) is 0.0775. The Kier molecular flexibility index (Phi) is 2.20. The highest BCUT2D eigenvalue weighted by Gasteiger charge is 2.53. The van der Waals surface area contributed by atoms with Crippen molar-refractivity contribution in [1.82, 2.24) is 0 Å². The maximum Gasteiger partial charge on any atom is 0.295 e. The minimum Gasteiger partial charge on any atom is -0.353 e. The molecule has 2 N–H and O–H groups in total. The van der Waals surface area contributed by atoms with Crippen LogP contribution in [0.4, 0.5) is 0 Å². The molecule has 1 aliphatic rings. The number of halogens is 2. The Morgan fingerprint density at radius 3 is 1.71 bits per heavy atom. The van der Waals surface area contributed by atoms with E-state index in [9.17, 15) is 19.8 Å². The lowest BCUT2D eigenvalue weighted by atomic mass is 10.2. The number of carbonyl (C=O) groups is 2. The molecule has 4 nitrogen and oxygen atoms in total. The predicted molar refractivity (Wildman–Crippen MR) is 55.5 cm³/mol. The van der Waals surface area contributed by atoms with Gasteiger partial charge in [-0.1, -0.05) is 0 Å². The lowest BCUT2D eigenvalue weighted by Gasteiger charge is -2.09. The van der Waals surface area contributed by atoms with E-state index in [-0.39, 0.29) is 11.1 Å². The number of hydrogen-bond donors (Lipinski definition) is 2. The summed E-state index contributed by atoms with van der Waals surface area (Å²) >= 11 is 7.31. The summed E-state index contributed by atoms with van der Waals surface area (Å²) in [6.07, 6.45) is 0. The van der Waals surface area contributed by atoms with E-state index in [1.165, 1.54) is 0 Å². The molecule has 1 aromatic heterocycles. The number of ketones is 2. The molecule has 0 radical (unpaired) electrons. The van der Waals surface area contributed by atoms with E-state index in [4.69, 9.17) is 0 Å². The summed E-state index contributed by atoms with van der Waals surface area (Å²) in [5.74, 6) is -4.86. The van der Waals surface area contributed by atoms with Crippen molar-refractivity contribution in [3.8, 4) is 0 Å². The molecule has 0 spiro atoms. The molecule has 0 fully saturated rings. The molecule has 0 amide bonds. The lowest BCUT2D eigenvalue weighted by molar-refractivity contribution is -0.0857. The van der Waals surface area contributed by atoms with Crippen molar-refractivity contribution in [2.75, 3.05) is 0 Å². The topological polar surface area (TPSA) is 74.6 Å². The first-order valence-corrected chi connectivity index (χ1v) is 5.79. The summed E-state index contributed by atoms with van der Waals surface area (Å²) in [4.78, 5) is 22.8. The zero-order chi connectivity index (χ0) is 10.7. The van der Waals surface area contributed by atoms with Gasteiger partial charge >= 0.3 is 0 Å². The molecule has 1 aliphatic carbocycles. The van der Waals surface area contributed by atoms with E-state index in [2.05, 4.69) is 31.9 Å². The van der Waals surface area contributed by atoms with Gasteiger partial charge in [-0.05, 0) is 31.9 Å². The van der Waals surface area contributed by atoms with Crippen LogP contribution >= 0.6 is 43.2 Å². The smallest absolute Gasteiger partial charge is 0.295 e. The molecule has 14 heavy (non-hydrogen) atoms. The molecule has 74 valence electrons. The van der Waals surface area contributed by atoms with Crippen molar-refractivity contribution >= 4 is 54.8 Å². The monoisotopic (exact) mass is 340 g/mol. The quantitative estimate of drug-likeness (QED) is 0.551. The summed E-state index contributed by atoms with van der Waals surface area (Å²) in [6, 6.07) is 0. The van der Waals surface area contributed by atoms with Crippen LogP contribution in [0, 0.1) is 0 Å². The summed E-state index contributed by atoms with van der Waals surface area (Å²) in [6.45, 7) is 0. The first-order chi connectivity index (χ1) is 6.37. The maximum absolute atomic E-state index is 11.4. The standard InChI is InChI=1S/C7H2Br2O4S/c8-5-1-2(6(9)14-5)4(11)7(12,13)3(1)10/h12-13H. The van der Waals surface area contributed by atoms with Gasteiger partial charge in [0, 0.05) is 0 Å². The van der Waals surface area contributed by atoms with Gasteiger partial charge in [0.1, 0.15) is 0 Å². The third kappa shape index (κ3) is 1.10. The van der Waals surface area contributed by atoms with E-state index in [0.29, 0.717) is 7.57 Å². The number of aliphatic hydroxyl groups is 2. The van der Waals surface area contributed by atoms with Gasteiger partial charge in [-0.2, -0.15) is 0 Å². The number of carbonyl (C=O) groups excluding carboxylic acids is 2. The second kappa shape index (κ2) is 2.96. The summed E-state index contributed by atoms with van der Waals surface area (Å²) in [5, 5.41) is 18.4. The average molecular weight is 342 g/mol. The van der Waals surface area contributed by atoms with E-state index in [0.717, 1.165) is 11.3 Å². The van der Waals surface area contributed by atoms with Crippen LogP contribution in [-0.2, 0) is 0 Å². The maximum atomic E-state index is 11.4. The van der Waals surface area contributed by atoms with Gasteiger partial charge in [-0.15, -0.1) is 11.3 Å². The van der Waals surface area contributed by atoms with Crippen LogP contribution in [0.15, 0.2) is 7.57 Å². The highest BCUT2D eigenvalue weighted by molar-refractivity contribution is 9.12. The van der Waals surface area contributed by atoms with Gasteiger partial charge in [0.25, 0.3) is 5.79 Å². The molecule has 0 saturated heterocycles. The van der Waals surface area contributed by atoms with Gasteiger partial charge in [0.05, 0.1) is 18.7 Å². The second-order valence-electron chi connectivity index (χ2n) is 2.73. The Bertz CT molecular complexity index is 424. The van der Waals surface area contributed by atoms with Gasteiger partial charge in [0.15, 0.2) is 0 Å². The second-order valence-corrected chi connectivity index (χ2v) is 6.39. The van der Waals surface area contributed by atoms with Crippen molar-refractivity contribution in [3.05, 3.63) is 18.7 Å². The zero-order valence-corrected chi connectivity index (χ0v) is 10.4. The van der Waals surface area contributed by atoms with Crippen molar-refractivity contribution < 1.29 is 19.8 Å². The van der Waals surface area contributed by atoms with Crippen LogP contribution in [0.5, 0.6) is 0 Å². The van der Waals surface area contributed by atoms with Crippen LogP contribution in [0.1, 0.15) is 20.7 Å². The number of Topliss-reactive ketones (excluding diaryl/α,β-unsaturated/α-hetero) is 2. The average Bonchev–Trinajstić information content (AvgIpc) is 2.45. The molecule has 0 aliphatic heterocycles. The van der Waals surface area contributed by atoms with Gasteiger partial charge in [-0.25, -0.2) is 0 Å². The number of rotatable bonds is 0. The van der Waals surface area contributed by atoms with E-state index in [1.807, 2.05) is 0 Å². The van der Waals surface area contributed by atoms with Crippen molar-refractivity contribution in [2.45, 2.75) is 5.79 Å².